The highest BCUT2D eigenvalue weighted by Gasteiger charge is 2.32. The monoisotopic (exact) mass is 342 g/mol. The molecule has 0 aromatic carbocycles. The summed E-state index contributed by atoms with van der Waals surface area (Å²) in [7, 11) is 4.19. The van der Waals surface area contributed by atoms with Crippen LogP contribution in [0.1, 0.15) is 44.2 Å². The van der Waals surface area contributed by atoms with E-state index in [1.54, 1.807) is 0 Å². The van der Waals surface area contributed by atoms with Crippen molar-refractivity contribution in [3.8, 4) is 0 Å². The maximum Gasteiger partial charge on any atom is 0.0635 e. The van der Waals surface area contributed by atoms with E-state index < -0.39 is 0 Å². The van der Waals surface area contributed by atoms with Crippen LogP contribution < -0.4 is 5.73 Å². The molecule has 114 valence electrons. The van der Waals surface area contributed by atoms with Gasteiger partial charge in [-0.2, -0.15) is 5.10 Å². The van der Waals surface area contributed by atoms with Gasteiger partial charge in [-0.05, 0) is 55.2 Å². The van der Waals surface area contributed by atoms with E-state index in [1.807, 2.05) is 6.20 Å². The zero-order valence-electron chi connectivity index (χ0n) is 12.8. The first kappa shape index (κ1) is 16.0. The van der Waals surface area contributed by atoms with Gasteiger partial charge in [-0.3, -0.25) is 4.68 Å². The Kier molecular flexibility index (Phi) is 5.64. The Morgan fingerprint density at radius 3 is 2.85 bits per heavy atom. The Bertz CT molecular complexity index is 430. The third-order valence-electron chi connectivity index (χ3n) is 4.53. The van der Waals surface area contributed by atoms with E-state index in [4.69, 9.17) is 5.73 Å². The molecular weight excluding hydrogens is 316 g/mol. The van der Waals surface area contributed by atoms with E-state index in [-0.39, 0.29) is 6.04 Å². The van der Waals surface area contributed by atoms with Crippen molar-refractivity contribution in [2.24, 2.45) is 11.7 Å². The summed E-state index contributed by atoms with van der Waals surface area (Å²) in [6.07, 6.45) is 6.79. The summed E-state index contributed by atoms with van der Waals surface area (Å²) in [4.78, 5) is 2.19. The fraction of sp³-hybridized carbons (Fsp3) is 0.800. The van der Waals surface area contributed by atoms with Crippen LogP contribution in [-0.4, -0.2) is 41.4 Å². The lowest BCUT2D eigenvalue weighted by atomic mass is 9.76. The fourth-order valence-corrected chi connectivity index (χ4v) is 3.77. The maximum absolute atomic E-state index is 6.41. The summed E-state index contributed by atoms with van der Waals surface area (Å²) >= 11 is 3.68. The summed E-state index contributed by atoms with van der Waals surface area (Å²) in [5.41, 5.74) is 7.71. The molecule has 0 bridgehead atoms. The topological polar surface area (TPSA) is 47.1 Å². The largest absolute Gasteiger partial charge is 0.327 e. The van der Waals surface area contributed by atoms with Crippen molar-refractivity contribution in [3.63, 3.8) is 0 Å². The molecule has 0 saturated heterocycles. The van der Waals surface area contributed by atoms with Crippen molar-refractivity contribution in [2.45, 2.75) is 51.1 Å². The van der Waals surface area contributed by atoms with Crippen LogP contribution in [0.2, 0.25) is 0 Å². The summed E-state index contributed by atoms with van der Waals surface area (Å²) in [5.74, 6) is 1.25. The van der Waals surface area contributed by atoms with E-state index in [0.29, 0.717) is 5.92 Å². The highest BCUT2D eigenvalue weighted by atomic mass is 79.9. The van der Waals surface area contributed by atoms with Gasteiger partial charge in [0.25, 0.3) is 0 Å². The van der Waals surface area contributed by atoms with E-state index in [1.165, 1.54) is 25.0 Å². The van der Waals surface area contributed by atoms with E-state index in [9.17, 15) is 0 Å². The Morgan fingerprint density at radius 2 is 2.20 bits per heavy atom. The van der Waals surface area contributed by atoms with Gasteiger partial charge in [0.15, 0.2) is 0 Å². The highest BCUT2D eigenvalue weighted by molar-refractivity contribution is 9.10. The lowest BCUT2D eigenvalue weighted by molar-refractivity contribution is 0.269. The molecule has 1 heterocycles. The molecule has 4 nitrogen and oxygen atoms in total. The Hall–Kier alpha value is -0.390. The minimum atomic E-state index is 0.268. The quantitative estimate of drug-likeness (QED) is 0.894. The first-order valence-electron chi connectivity index (χ1n) is 7.64. The van der Waals surface area contributed by atoms with Crippen LogP contribution in [0, 0.1) is 5.92 Å². The van der Waals surface area contributed by atoms with Gasteiger partial charge in [-0.1, -0.05) is 13.3 Å². The lowest BCUT2D eigenvalue weighted by Gasteiger charge is -2.34. The predicted molar refractivity (Wildman–Crippen MR) is 86.8 cm³/mol. The Morgan fingerprint density at radius 1 is 1.45 bits per heavy atom. The summed E-state index contributed by atoms with van der Waals surface area (Å²) in [6, 6.07) is 0.268. The van der Waals surface area contributed by atoms with Gasteiger partial charge in [0.05, 0.1) is 22.9 Å². The minimum absolute atomic E-state index is 0.268. The number of halogens is 1. The molecule has 20 heavy (non-hydrogen) atoms. The third kappa shape index (κ3) is 3.62. The standard InChI is InChI=1S/C15H27BrN4/c1-4-11-5-6-14(17)12(9-11)15-13(16)10-18-20(15)8-7-19(2)3/h10-12,14H,4-9,17H2,1-3H3. The first-order chi connectivity index (χ1) is 9.52. The molecule has 1 aromatic rings. The second kappa shape index (κ2) is 7.05. The van der Waals surface area contributed by atoms with Crippen molar-refractivity contribution >= 4 is 15.9 Å². The van der Waals surface area contributed by atoms with Crippen molar-refractivity contribution < 1.29 is 0 Å². The lowest BCUT2D eigenvalue weighted by Crippen LogP contribution is -2.36. The smallest absolute Gasteiger partial charge is 0.0635 e. The maximum atomic E-state index is 6.41. The van der Waals surface area contributed by atoms with Gasteiger partial charge in [-0.15, -0.1) is 0 Å². The SMILES string of the molecule is CCC1CCC(N)C(c2c(Br)cnn2CCN(C)C)C1. The van der Waals surface area contributed by atoms with Gasteiger partial charge in [0, 0.05) is 18.5 Å². The molecule has 0 amide bonds. The van der Waals surface area contributed by atoms with Gasteiger partial charge in [-0.25, -0.2) is 0 Å². The van der Waals surface area contributed by atoms with Crippen LogP contribution in [0.15, 0.2) is 10.7 Å². The van der Waals surface area contributed by atoms with Gasteiger partial charge in [0.2, 0.25) is 0 Å². The molecule has 2 rings (SSSR count). The number of hydrogen-bond donors (Lipinski definition) is 1. The molecule has 0 radical (unpaired) electrons. The van der Waals surface area contributed by atoms with Gasteiger partial charge >= 0.3 is 0 Å². The van der Waals surface area contributed by atoms with Crippen LogP contribution in [0.3, 0.4) is 0 Å². The summed E-state index contributed by atoms with van der Waals surface area (Å²) in [5, 5.41) is 4.54. The zero-order valence-corrected chi connectivity index (χ0v) is 14.4. The third-order valence-corrected chi connectivity index (χ3v) is 5.14. The van der Waals surface area contributed by atoms with Crippen molar-refractivity contribution in [1.29, 1.82) is 0 Å². The highest BCUT2D eigenvalue weighted by Crippen LogP contribution is 2.39. The number of likely N-dealkylation sites (N-methyl/N-ethyl adjacent to an activating group) is 1. The summed E-state index contributed by atoms with van der Waals surface area (Å²) in [6.45, 7) is 4.21. The number of aromatic nitrogens is 2. The molecule has 1 saturated carbocycles. The van der Waals surface area contributed by atoms with Crippen molar-refractivity contribution in [2.75, 3.05) is 20.6 Å². The molecular formula is C15H27BrN4. The average Bonchev–Trinajstić information content (AvgIpc) is 2.78. The molecule has 1 fully saturated rings. The summed E-state index contributed by atoms with van der Waals surface area (Å²) < 4.78 is 3.26. The Balaban J connectivity index is 2.19. The van der Waals surface area contributed by atoms with E-state index in [2.05, 4.69) is 51.6 Å². The number of rotatable bonds is 5. The van der Waals surface area contributed by atoms with Crippen LogP contribution in [0.5, 0.6) is 0 Å². The minimum Gasteiger partial charge on any atom is -0.327 e. The normalized spacial score (nSPS) is 27.2. The molecule has 1 aromatic heterocycles. The van der Waals surface area contributed by atoms with Crippen molar-refractivity contribution in [1.82, 2.24) is 14.7 Å². The molecule has 3 atom stereocenters. The average molecular weight is 343 g/mol. The van der Waals surface area contributed by atoms with Crippen LogP contribution in [-0.2, 0) is 6.54 Å². The number of nitrogens with two attached hydrogens (primary N) is 1. The molecule has 2 N–H and O–H groups in total. The second-order valence-electron chi connectivity index (χ2n) is 6.26. The Labute approximate surface area is 130 Å². The number of nitrogens with zero attached hydrogens (tertiary/aromatic N) is 3. The molecule has 3 unspecified atom stereocenters. The van der Waals surface area contributed by atoms with Crippen LogP contribution in [0.25, 0.3) is 0 Å². The van der Waals surface area contributed by atoms with Gasteiger partial charge in [0.1, 0.15) is 0 Å². The van der Waals surface area contributed by atoms with Crippen LogP contribution >= 0.6 is 15.9 Å². The molecule has 0 aliphatic heterocycles. The molecule has 1 aliphatic rings. The second-order valence-corrected chi connectivity index (χ2v) is 7.12. The van der Waals surface area contributed by atoms with E-state index >= 15 is 0 Å². The van der Waals surface area contributed by atoms with Crippen LogP contribution in [0.4, 0.5) is 0 Å². The first-order valence-corrected chi connectivity index (χ1v) is 8.43. The van der Waals surface area contributed by atoms with E-state index in [0.717, 1.165) is 29.9 Å². The fourth-order valence-electron chi connectivity index (χ4n) is 3.18. The van der Waals surface area contributed by atoms with Crippen molar-refractivity contribution in [3.05, 3.63) is 16.4 Å². The zero-order chi connectivity index (χ0) is 14.7. The number of hydrogen-bond acceptors (Lipinski definition) is 3. The molecule has 5 heteroatoms. The molecule has 1 aliphatic carbocycles. The predicted octanol–water partition coefficient (Wildman–Crippen LogP) is 2.83. The molecule has 0 spiro atoms. The van der Waals surface area contributed by atoms with Gasteiger partial charge < -0.3 is 10.6 Å².